The number of quaternary nitrogens is 1. The van der Waals surface area contributed by atoms with Crippen molar-refractivity contribution in [2.75, 3.05) is 32.0 Å². The van der Waals surface area contributed by atoms with Crippen molar-refractivity contribution in [3.63, 3.8) is 0 Å². The molecule has 0 saturated carbocycles. The lowest BCUT2D eigenvalue weighted by Crippen LogP contribution is -2.57. The molecule has 1 heterocycles. The number of anilines is 1. The Morgan fingerprint density at radius 2 is 1.70 bits per heavy atom. The van der Waals surface area contributed by atoms with E-state index >= 15 is 0 Å². The second kappa shape index (κ2) is 12.3. The number of likely N-dealkylation sites (tertiary alicyclic amines) is 1. The van der Waals surface area contributed by atoms with Gasteiger partial charge in [-0.2, -0.15) is 26.3 Å². The Labute approximate surface area is 183 Å². The summed E-state index contributed by atoms with van der Waals surface area (Å²) in [5, 5.41) is 18.6. The first-order chi connectivity index (χ1) is 14.9. The minimum absolute atomic E-state index is 0.0952. The maximum absolute atomic E-state index is 13.0. The summed E-state index contributed by atoms with van der Waals surface area (Å²) in [4.78, 5) is 29.7. The van der Waals surface area contributed by atoms with Gasteiger partial charge >= 0.3 is 18.3 Å². The maximum Gasteiger partial charge on any atom is 0.490 e. The molecular formula is C18H22F7N3O5. The van der Waals surface area contributed by atoms with Crippen LogP contribution in [0.5, 0.6) is 0 Å². The van der Waals surface area contributed by atoms with Crippen molar-refractivity contribution in [2.45, 2.75) is 31.2 Å². The average Bonchev–Trinajstić information content (AvgIpc) is 2.60. The number of nitrogens with zero attached hydrogens (tertiary/aromatic N) is 1. The number of rotatable bonds is 3. The van der Waals surface area contributed by atoms with Gasteiger partial charge in [0.05, 0.1) is 26.2 Å². The summed E-state index contributed by atoms with van der Waals surface area (Å²) >= 11 is 0. The van der Waals surface area contributed by atoms with Crippen LogP contribution in [0.2, 0.25) is 0 Å². The number of carboxylic acids is 2. The molecule has 15 heteroatoms. The summed E-state index contributed by atoms with van der Waals surface area (Å²) in [6, 6.07) is 6.11. The Morgan fingerprint density at radius 1 is 1.18 bits per heavy atom. The van der Waals surface area contributed by atoms with Gasteiger partial charge in [0.2, 0.25) is 0 Å². The first kappa shape index (κ1) is 30.1. The second-order valence-electron chi connectivity index (χ2n) is 7.23. The highest BCUT2D eigenvalue weighted by Crippen LogP contribution is 2.16. The number of nitrogens with one attached hydrogen (secondary N) is 1. The summed E-state index contributed by atoms with van der Waals surface area (Å²) in [6.07, 6.45) is -8.20. The molecule has 2 atom stereocenters. The number of carbonyl (C=O) groups is 3. The molecule has 1 unspecified atom stereocenters. The number of piperidine rings is 1. The van der Waals surface area contributed by atoms with Gasteiger partial charge in [0.25, 0.3) is 5.91 Å². The zero-order valence-electron chi connectivity index (χ0n) is 17.2. The van der Waals surface area contributed by atoms with Crippen LogP contribution in [0.3, 0.4) is 0 Å². The number of carboxylic acid groups (broad SMARTS) is 2. The van der Waals surface area contributed by atoms with Gasteiger partial charge < -0.3 is 30.5 Å². The van der Waals surface area contributed by atoms with Gasteiger partial charge in [-0.25, -0.2) is 9.18 Å². The third kappa shape index (κ3) is 13.3. The standard InChI is InChI=1S/C14H20FN3O.2C2HF3O2/c1-18(7-3-5-12(16)9-18)10-14(19)17-13-6-2-4-11(15)8-13;2*3-2(4,5)1(6)7/h2,4,6,8,12H,3,5,7,9-10,16H2,1H3;2*(H,6,7)/t12-,18?;;/m0../s1. The van der Waals surface area contributed by atoms with Crippen molar-refractivity contribution in [1.82, 2.24) is 0 Å². The number of nitrogens with two attached hydrogens (primary N) is 1. The van der Waals surface area contributed by atoms with Gasteiger partial charge in [-0.1, -0.05) is 6.07 Å². The molecule has 1 fully saturated rings. The number of likely N-dealkylation sites (N-methyl/N-ethyl adjacent to an activating group) is 1. The van der Waals surface area contributed by atoms with Crippen LogP contribution in [0.4, 0.5) is 36.4 Å². The molecule has 1 saturated heterocycles. The average molecular weight is 493 g/mol. The van der Waals surface area contributed by atoms with Crippen LogP contribution in [-0.4, -0.2) is 72.5 Å². The summed E-state index contributed by atoms with van der Waals surface area (Å²) in [5.41, 5.74) is 6.46. The fourth-order valence-corrected chi connectivity index (χ4v) is 2.74. The number of alkyl halides is 6. The number of aliphatic carboxylic acids is 2. The summed E-state index contributed by atoms with van der Waals surface area (Å²) < 4.78 is 77.0. The van der Waals surface area contributed by atoms with Crippen LogP contribution < -0.4 is 16.2 Å². The number of halogens is 7. The Kier molecular flexibility index (Phi) is 11.2. The second-order valence-corrected chi connectivity index (χ2v) is 7.23. The highest BCUT2D eigenvalue weighted by molar-refractivity contribution is 5.91. The Morgan fingerprint density at radius 3 is 2.09 bits per heavy atom. The SMILES string of the molecule is C[N+]1(CC(=O)Nc2cccc(F)c2)CCC[C@H](N)C1.O=C(O)C(F)(F)F.O=C([O-])C(F)(F)F. The largest absolute Gasteiger partial charge is 0.542 e. The van der Waals surface area contributed by atoms with E-state index in [1.54, 1.807) is 12.1 Å². The first-order valence-corrected chi connectivity index (χ1v) is 9.08. The molecule has 1 aliphatic rings. The summed E-state index contributed by atoms with van der Waals surface area (Å²) in [7, 11) is 2.05. The zero-order valence-corrected chi connectivity index (χ0v) is 17.2. The van der Waals surface area contributed by atoms with E-state index in [9.17, 15) is 35.5 Å². The van der Waals surface area contributed by atoms with E-state index in [0.29, 0.717) is 16.7 Å². The van der Waals surface area contributed by atoms with E-state index in [-0.39, 0.29) is 17.8 Å². The predicted molar refractivity (Wildman–Crippen MR) is 97.8 cm³/mol. The summed E-state index contributed by atoms with van der Waals surface area (Å²) in [6.45, 7) is 2.16. The molecule has 0 spiro atoms. The van der Waals surface area contributed by atoms with E-state index in [1.165, 1.54) is 12.1 Å². The van der Waals surface area contributed by atoms with Gasteiger partial charge in [0.15, 0.2) is 6.54 Å². The van der Waals surface area contributed by atoms with E-state index < -0.39 is 24.3 Å². The maximum atomic E-state index is 13.0. The van der Waals surface area contributed by atoms with E-state index in [4.69, 9.17) is 25.5 Å². The molecule has 1 aromatic rings. The van der Waals surface area contributed by atoms with Crippen LogP contribution in [0.25, 0.3) is 0 Å². The predicted octanol–water partition coefficient (Wildman–Crippen LogP) is 1.26. The minimum Gasteiger partial charge on any atom is -0.542 e. The highest BCUT2D eigenvalue weighted by Gasteiger charge is 2.38. The molecule has 1 amide bonds. The van der Waals surface area contributed by atoms with Crippen molar-refractivity contribution in [3.8, 4) is 0 Å². The number of carbonyl (C=O) groups excluding carboxylic acids is 2. The van der Waals surface area contributed by atoms with Gasteiger partial charge in [-0.15, -0.1) is 0 Å². The number of hydrogen-bond acceptors (Lipinski definition) is 5. The minimum atomic E-state index is -5.19. The molecule has 1 aromatic carbocycles. The van der Waals surface area contributed by atoms with Crippen molar-refractivity contribution in [3.05, 3.63) is 30.1 Å². The van der Waals surface area contributed by atoms with Crippen LogP contribution in [0.1, 0.15) is 12.8 Å². The summed E-state index contributed by atoms with van der Waals surface area (Å²) in [5.74, 6) is -6.21. The van der Waals surface area contributed by atoms with E-state index in [1.807, 2.05) is 7.05 Å². The molecule has 4 N–H and O–H groups in total. The lowest BCUT2D eigenvalue weighted by molar-refractivity contribution is -0.907. The lowest BCUT2D eigenvalue weighted by atomic mass is 10.0. The number of amides is 1. The first-order valence-electron chi connectivity index (χ1n) is 9.08. The Hall–Kier alpha value is -2.94. The number of hydrogen-bond donors (Lipinski definition) is 3. The fraction of sp³-hybridized carbons (Fsp3) is 0.500. The smallest absolute Gasteiger partial charge is 0.490 e. The molecule has 8 nitrogen and oxygen atoms in total. The van der Waals surface area contributed by atoms with Crippen molar-refractivity contribution < 1.29 is 59.8 Å². The Balaban J connectivity index is 0.000000605. The third-order valence-corrected chi connectivity index (χ3v) is 4.06. The third-order valence-electron chi connectivity index (χ3n) is 4.06. The molecule has 0 bridgehead atoms. The van der Waals surface area contributed by atoms with Crippen molar-refractivity contribution in [1.29, 1.82) is 0 Å². The van der Waals surface area contributed by atoms with E-state index in [2.05, 4.69) is 5.32 Å². The van der Waals surface area contributed by atoms with Crippen LogP contribution >= 0.6 is 0 Å². The van der Waals surface area contributed by atoms with Gasteiger partial charge in [0.1, 0.15) is 11.8 Å². The van der Waals surface area contributed by atoms with E-state index in [0.717, 1.165) is 25.9 Å². The van der Waals surface area contributed by atoms with Crippen LogP contribution in [0.15, 0.2) is 24.3 Å². The van der Waals surface area contributed by atoms with Crippen molar-refractivity contribution in [2.24, 2.45) is 5.73 Å². The number of benzene rings is 1. The quantitative estimate of drug-likeness (QED) is 0.429. The molecule has 0 aliphatic carbocycles. The molecule has 1 aliphatic heterocycles. The fourth-order valence-electron chi connectivity index (χ4n) is 2.74. The monoisotopic (exact) mass is 493 g/mol. The van der Waals surface area contributed by atoms with Crippen LogP contribution in [-0.2, 0) is 14.4 Å². The molecule has 2 rings (SSSR count). The molecule has 188 valence electrons. The zero-order chi connectivity index (χ0) is 26.0. The van der Waals surface area contributed by atoms with Gasteiger partial charge in [-0.3, -0.25) is 4.79 Å². The molecule has 33 heavy (non-hydrogen) atoms. The van der Waals surface area contributed by atoms with Gasteiger partial charge in [0, 0.05) is 5.69 Å². The van der Waals surface area contributed by atoms with Gasteiger partial charge in [-0.05, 0) is 31.0 Å². The highest BCUT2D eigenvalue weighted by atomic mass is 19.4. The topological polar surface area (TPSA) is 133 Å². The normalized spacial score (nSPS) is 20.3. The van der Waals surface area contributed by atoms with Crippen molar-refractivity contribution >= 4 is 23.5 Å². The molecule has 0 aromatic heterocycles. The Bertz CT molecular complexity index is 793. The van der Waals surface area contributed by atoms with Crippen LogP contribution in [0, 0.1) is 5.82 Å². The lowest BCUT2D eigenvalue weighted by Gasteiger charge is -2.39. The molecule has 0 radical (unpaired) electrons. The molecular weight excluding hydrogens is 471 g/mol.